The van der Waals surface area contributed by atoms with Gasteiger partial charge in [0.25, 0.3) is 0 Å². The van der Waals surface area contributed by atoms with Crippen molar-refractivity contribution in [1.29, 1.82) is 0 Å². The molecule has 0 N–H and O–H groups in total. The topological polar surface area (TPSA) is 259 Å². The Kier molecular flexibility index (Phi) is 7.08. The molecular formula is C14H8N6O12S. The van der Waals surface area contributed by atoms with Crippen molar-refractivity contribution in [2.75, 3.05) is 0 Å². The SMILES string of the molecule is O=[N+]([O-])c1ccc(CSCc2ccc([N+](=O)[O-])c([N+](=O)[O-])c2[N+](=O)[O-])c([N+](=O)[O-])c1[N+](=O)[O-]. The van der Waals surface area contributed by atoms with Gasteiger partial charge in [-0.15, -0.1) is 0 Å². The van der Waals surface area contributed by atoms with E-state index in [1.807, 2.05) is 0 Å². The van der Waals surface area contributed by atoms with Gasteiger partial charge < -0.3 is 0 Å². The Labute approximate surface area is 183 Å². The molecule has 0 heterocycles. The number of rotatable bonds is 10. The summed E-state index contributed by atoms with van der Waals surface area (Å²) in [6.07, 6.45) is 0. The molecule has 2 rings (SSSR count). The van der Waals surface area contributed by atoms with Gasteiger partial charge in [0.1, 0.15) is 0 Å². The van der Waals surface area contributed by atoms with Crippen LogP contribution in [-0.4, -0.2) is 29.5 Å². The molecule has 172 valence electrons. The van der Waals surface area contributed by atoms with Crippen LogP contribution in [0.2, 0.25) is 0 Å². The molecule has 0 fully saturated rings. The van der Waals surface area contributed by atoms with Crippen molar-refractivity contribution in [1.82, 2.24) is 0 Å². The molecule has 19 heteroatoms. The molecule has 18 nitrogen and oxygen atoms in total. The van der Waals surface area contributed by atoms with Gasteiger partial charge in [0.2, 0.25) is 0 Å². The maximum atomic E-state index is 11.4. The van der Waals surface area contributed by atoms with E-state index in [1.54, 1.807) is 0 Å². The van der Waals surface area contributed by atoms with E-state index in [2.05, 4.69) is 0 Å². The molecule has 2 aromatic carbocycles. The fraction of sp³-hybridized carbons (Fsp3) is 0.143. The Morgan fingerprint density at radius 1 is 0.485 bits per heavy atom. The molecule has 0 aromatic heterocycles. The fourth-order valence-electron chi connectivity index (χ4n) is 2.79. The first-order valence-corrected chi connectivity index (χ1v) is 9.29. The first kappa shape index (κ1) is 24.5. The molecule has 33 heavy (non-hydrogen) atoms. The summed E-state index contributed by atoms with van der Waals surface area (Å²) >= 11 is 0.698. The van der Waals surface area contributed by atoms with Crippen molar-refractivity contribution in [3.8, 4) is 0 Å². The van der Waals surface area contributed by atoms with E-state index in [4.69, 9.17) is 0 Å². The summed E-state index contributed by atoms with van der Waals surface area (Å²) in [6, 6.07) is 3.20. The van der Waals surface area contributed by atoms with Crippen LogP contribution in [-0.2, 0) is 11.5 Å². The Balaban J connectivity index is 2.47. The minimum Gasteiger partial charge on any atom is -0.258 e. The zero-order chi connectivity index (χ0) is 25.0. The van der Waals surface area contributed by atoms with Crippen molar-refractivity contribution in [2.45, 2.75) is 11.5 Å². The van der Waals surface area contributed by atoms with Crippen LogP contribution in [0.25, 0.3) is 0 Å². The summed E-state index contributed by atoms with van der Waals surface area (Å²) in [5.41, 5.74) is -7.84. The molecule has 0 aliphatic rings. The lowest BCUT2D eigenvalue weighted by Crippen LogP contribution is -2.05. The van der Waals surface area contributed by atoms with Gasteiger partial charge in [0.05, 0.1) is 29.5 Å². The minimum absolute atomic E-state index is 0.318. The van der Waals surface area contributed by atoms with Gasteiger partial charge in [-0.1, -0.05) is 0 Å². The van der Waals surface area contributed by atoms with Crippen molar-refractivity contribution in [3.63, 3.8) is 0 Å². The third kappa shape index (κ3) is 4.92. The molecule has 0 aliphatic carbocycles. The Bertz CT molecular complexity index is 1140. The zero-order valence-corrected chi connectivity index (χ0v) is 16.5. The Morgan fingerprint density at radius 3 is 1.03 bits per heavy atom. The quantitative estimate of drug-likeness (QED) is 0.345. The molecule has 2 aromatic rings. The molecule has 0 unspecified atom stereocenters. The second-order valence-corrected chi connectivity index (χ2v) is 6.90. The van der Waals surface area contributed by atoms with Gasteiger partial charge in [-0.25, -0.2) is 0 Å². The van der Waals surface area contributed by atoms with Gasteiger partial charge in [-0.2, -0.15) is 11.8 Å². The van der Waals surface area contributed by atoms with Crippen LogP contribution in [0, 0.1) is 60.7 Å². The maximum Gasteiger partial charge on any atom is 0.422 e. The smallest absolute Gasteiger partial charge is 0.258 e. The van der Waals surface area contributed by atoms with Crippen LogP contribution < -0.4 is 0 Å². The summed E-state index contributed by atoms with van der Waals surface area (Å²) in [6.45, 7) is 0. The van der Waals surface area contributed by atoms with Gasteiger partial charge in [-0.05, 0) is 12.1 Å². The number of nitro groups is 6. The van der Waals surface area contributed by atoms with Crippen LogP contribution in [0.1, 0.15) is 11.1 Å². The molecule has 0 amide bonds. The van der Waals surface area contributed by atoms with E-state index in [0.717, 1.165) is 12.1 Å². The second-order valence-electron chi connectivity index (χ2n) is 5.92. The highest BCUT2D eigenvalue weighted by molar-refractivity contribution is 7.97. The minimum atomic E-state index is -1.35. The fourth-order valence-corrected chi connectivity index (χ4v) is 3.80. The van der Waals surface area contributed by atoms with E-state index >= 15 is 0 Å². The highest BCUT2D eigenvalue weighted by Crippen LogP contribution is 2.42. The Hall–Kier alpha value is -4.81. The van der Waals surface area contributed by atoms with E-state index < -0.39 is 75.2 Å². The number of benzene rings is 2. The van der Waals surface area contributed by atoms with Gasteiger partial charge in [-0.3, -0.25) is 60.7 Å². The van der Waals surface area contributed by atoms with Crippen LogP contribution >= 0.6 is 11.8 Å². The Morgan fingerprint density at radius 2 is 0.788 bits per heavy atom. The standard InChI is InChI=1S/C14H8N6O12S/c21-15(22)9-3-1-7(11(17(25)26)13(9)19(29)30)5-33-6-8-2-4-10(16(23)24)14(20(31)32)12(8)18(27)28/h1-4H,5-6H2. The third-order valence-electron chi connectivity index (χ3n) is 4.07. The summed E-state index contributed by atoms with van der Waals surface area (Å²) < 4.78 is 0. The summed E-state index contributed by atoms with van der Waals surface area (Å²) in [5.74, 6) is -0.811. The van der Waals surface area contributed by atoms with Crippen LogP contribution in [0.5, 0.6) is 0 Å². The average Bonchev–Trinajstić information content (AvgIpc) is 2.71. The summed E-state index contributed by atoms with van der Waals surface area (Å²) in [7, 11) is 0. The predicted molar refractivity (Wildman–Crippen MR) is 108 cm³/mol. The normalized spacial score (nSPS) is 10.4. The van der Waals surface area contributed by atoms with Gasteiger partial charge in [0, 0.05) is 34.8 Å². The zero-order valence-electron chi connectivity index (χ0n) is 15.7. The molecular weight excluding hydrogens is 476 g/mol. The van der Waals surface area contributed by atoms with Crippen LogP contribution in [0.4, 0.5) is 34.1 Å². The van der Waals surface area contributed by atoms with E-state index in [9.17, 15) is 60.7 Å². The molecule has 0 aliphatic heterocycles. The third-order valence-corrected chi connectivity index (χ3v) is 5.10. The number of nitro benzene ring substituents is 6. The number of hydrogen-bond donors (Lipinski definition) is 0. The summed E-state index contributed by atoms with van der Waals surface area (Å²) in [4.78, 5) is 59.8. The van der Waals surface area contributed by atoms with E-state index in [0.29, 0.717) is 23.9 Å². The number of nitrogens with zero attached hydrogens (tertiary/aromatic N) is 6. The van der Waals surface area contributed by atoms with Gasteiger partial charge in [0.15, 0.2) is 0 Å². The van der Waals surface area contributed by atoms with E-state index in [-0.39, 0.29) is 11.1 Å². The largest absolute Gasteiger partial charge is 0.422 e. The first-order valence-electron chi connectivity index (χ1n) is 8.14. The average molecular weight is 484 g/mol. The lowest BCUT2D eigenvalue weighted by Gasteiger charge is -2.06. The van der Waals surface area contributed by atoms with Crippen molar-refractivity contribution in [2.24, 2.45) is 0 Å². The van der Waals surface area contributed by atoms with Crippen molar-refractivity contribution >= 4 is 45.9 Å². The number of thioether (sulfide) groups is 1. The lowest BCUT2D eigenvalue weighted by molar-refractivity contribution is -0.441. The maximum absolute atomic E-state index is 11.4. The van der Waals surface area contributed by atoms with E-state index in [1.165, 1.54) is 0 Å². The highest BCUT2D eigenvalue weighted by atomic mass is 32.2. The first-order chi connectivity index (χ1) is 15.4. The predicted octanol–water partition coefficient (Wildman–Crippen LogP) is 3.57. The summed E-state index contributed by atoms with van der Waals surface area (Å²) in [5, 5.41) is 67.1. The van der Waals surface area contributed by atoms with Crippen molar-refractivity contribution in [3.05, 3.63) is 96.1 Å². The van der Waals surface area contributed by atoms with Crippen LogP contribution in [0.15, 0.2) is 24.3 Å². The molecule has 0 bridgehead atoms. The lowest BCUT2D eigenvalue weighted by atomic mass is 10.1. The number of hydrogen-bond acceptors (Lipinski definition) is 13. The highest BCUT2D eigenvalue weighted by Gasteiger charge is 2.40. The van der Waals surface area contributed by atoms with Gasteiger partial charge >= 0.3 is 34.1 Å². The second kappa shape index (κ2) is 9.55. The molecule has 0 radical (unpaired) electrons. The van der Waals surface area contributed by atoms with Crippen LogP contribution in [0.3, 0.4) is 0 Å². The molecule has 0 atom stereocenters. The molecule has 0 saturated carbocycles. The van der Waals surface area contributed by atoms with Crippen molar-refractivity contribution < 1.29 is 29.5 Å². The molecule has 0 spiro atoms. The monoisotopic (exact) mass is 484 g/mol. The molecule has 0 saturated heterocycles.